The van der Waals surface area contributed by atoms with Crippen LogP contribution in [0.2, 0.25) is 0 Å². The number of aromatic nitrogens is 3. The van der Waals surface area contributed by atoms with Crippen LogP contribution in [0.15, 0.2) is 18.3 Å². The summed E-state index contributed by atoms with van der Waals surface area (Å²) in [4.78, 5) is 4.48. The molecule has 1 N–H and O–H groups in total. The molecule has 4 nitrogen and oxygen atoms in total. The molecular formula is C13H18N4. The molecular weight excluding hydrogens is 212 g/mol. The monoisotopic (exact) mass is 230 g/mol. The maximum absolute atomic E-state index is 4.48. The molecule has 0 saturated heterocycles. The number of hydrogen-bond acceptors (Lipinski definition) is 3. The first-order valence-electron chi connectivity index (χ1n) is 6.22. The standard InChI is InChI=1S/C13H18N4/c1-10-4-7-17-11(8-10)15-12(16-17)14-9-13(2)5-3-6-13/h4,7-8H,3,5-6,9H2,1-2H3,(H,14,16). The Balaban J connectivity index is 1.76. The van der Waals surface area contributed by atoms with Crippen LogP contribution in [0.25, 0.3) is 5.65 Å². The number of pyridine rings is 1. The molecule has 2 aromatic heterocycles. The Hall–Kier alpha value is -1.58. The average molecular weight is 230 g/mol. The molecule has 1 saturated carbocycles. The van der Waals surface area contributed by atoms with Gasteiger partial charge in [0, 0.05) is 12.7 Å². The van der Waals surface area contributed by atoms with Gasteiger partial charge in [-0.1, -0.05) is 13.3 Å². The van der Waals surface area contributed by atoms with Crippen LogP contribution in [-0.4, -0.2) is 21.1 Å². The van der Waals surface area contributed by atoms with Gasteiger partial charge in [-0.3, -0.25) is 0 Å². The van der Waals surface area contributed by atoms with E-state index in [1.165, 1.54) is 24.8 Å². The van der Waals surface area contributed by atoms with Gasteiger partial charge >= 0.3 is 0 Å². The molecule has 0 spiro atoms. The van der Waals surface area contributed by atoms with E-state index in [4.69, 9.17) is 0 Å². The quantitative estimate of drug-likeness (QED) is 0.881. The molecule has 1 aliphatic carbocycles. The first-order chi connectivity index (χ1) is 8.15. The summed E-state index contributed by atoms with van der Waals surface area (Å²) in [5.41, 5.74) is 2.57. The van der Waals surface area contributed by atoms with Crippen molar-refractivity contribution in [2.75, 3.05) is 11.9 Å². The highest BCUT2D eigenvalue weighted by molar-refractivity contribution is 5.45. The van der Waals surface area contributed by atoms with Crippen LogP contribution >= 0.6 is 0 Å². The Bertz CT molecular complexity index is 539. The number of anilines is 1. The minimum atomic E-state index is 0.452. The van der Waals surface area contributed by atoms with Crippen LogP contribution in [0.5, 0.6) is 0 Å². The lowest BCUT2D eigenvalue weighted by Crippen LogP contribution is -2.33. The highest BCUT2D eigenvalue weighted by Crippen LogP contribution is 2.39. The highest BCUT2D eigenvalue weighted by Gasteiger charge is 2.31. The molecule has 1 fully saturated rings. The van der Waals surface area contributed by atoms with Gasteiger partial charge in [0.25, 0.3) is 0 Å². The maximum atomic E-state index is 4.48. The number of rotatable bonds is 3. The summed E-state index contributed by atoms with van der Waals surface area (Å²) in [6.07, 6.45) is 5.93. The molecule has 3 rings (SSSR count). The van der Waals surface area contributed by atoms with Gasteiger partial charge in [-0.05, 0) is 42.9 Å². The Morgan fingerprint density at radius 1 is 1.47 bits per heavy atom. The van der Waals surface area contributed by atoms with Crippen molar-refractivity contribution in [1.82, 2.24) is 14.6 Å². The smallest absolute Gasteiger partial charge is 0.243 e. The van der Waals surface area contributed by atoms with E-state index in [0.29, 0.717) is 5.41 Å². The molecule has 0 aliphatic heterocycles. The average Bonchev–Trinajstić information content (AvgIpc) is 2.65. The van der Waals surface area contributed by atoms with Gasteiger partial charge < -0.3 is 5.32 Å². The van der Waals surface area contributed by atoms with E-state index in [1.54, 1.807) is 0 Å². The molecule has 1 aliphatic rings. The second-order valence-electron chi connectivity index (χ2n) is 5.46. The van der Waals surface area contributed by atoms with Gasteiger partial charge in [-0.25, -0.2) is 4.52 Å². The zero-order chi connectivity index (χ0) is 11.9. The van der Waals surface area contributed by atoms with Gasteiger partial charge in [-0.2, -0.15) is 4.98 Å². The fourth-order valence-electron chi connectivity index (χ4n) is 2.31. The molecule has 0 amide bonds. The number of fused-ring (bicyclic) bond motifs is 1. The summed E-state index contributed by atoms with van der Waals surface area (Å²) in [6.45, 7) is 5.36. The summed E-state index contributed by atoms with van der Waals surface area (Å²) in [7, 11) is 0. The van der Waals surface area contributed by atoms with Gasteiger partial charge in [0.05, 0.1) is 0 Å². The van der Waals surface area contributed by atoms with Crippen molar-refractivity contribution in [3.63, 3.8) is 0 Å². The van der Waals surface area contributed by atoms with Crippen molar-refractivity contribution in [3.05, 3.63) is 23.9 Å². The number of hydrogen-bond donors (Lipinski definition) is 1. The molecule has 0 atom stereocenters. The fraction of sp³-hybridized carbons (Fsp3) is 0.538. The van der Waals surface area contributed by atoms with Crippen LogP contribution in [-0.2, 0) is 0 Å². The van der Waals surface area contributed by atoms with Crippen molar-refractivity contribution in [2.24, 2.45) is 5.41 Å². The van der Waals surface area contributed by atoms with Gasteiger partial charge in [-0.15, -0.1) is 5.10 Å². The van der Waals surface area contributed by atoms with Gasteiger partial charge in [0.15, 0.2) is 5.65 Å². The third-order valence-corrected chi connectivity index (χ3v) is 3.73. The normalized spacial score (nSPS) is 18.0. The Labute approximate surface area is 101 Å². The van der Waals surface area contributed by atoms with E-state index in [1.807, 2.05) is 22.8 Å². The maximum Gasteiger partial charge on any atom is 0.243 e. The second kappa shape index (κ2) is 3.72. The van der Waals surface area contributed by atoms with Crippen LogP contribution in [0.1, 0.15) is 31.7 Å². The second-order valence-corrected chi connectivity index (χ2v) is 5.46. The molecule has 2 aromatic rings. The molecule has 17 heavy (non-hydrogen) atoms. The molecule has 0 aromatic carbocycles. The van der Waals surface area contributed by atoms with Crippen molar-refractivity contribution in [1.29, 1.82) is 0 Å². The molecule has 0 radical (unpaired) electrons. The Morgan fingerprint density at radius 3 is 3.00 bits per heavy atom. The van der Waals surface area contributed by atoms with Crippen molar-refractivity contribution < 1.29 is 0 Å². The fourth-order valence-corrected chi connectivity index (χ4v) is 2.31. The number of aryl methyl sites for hydroxylation is 1. The lowest BCUT2D eigenvalue weighted by molar-refractivity contribution is 0.179. The lowest BCUT2D eigenvalue weighted by atomic mass is 9.70. The van der Waals surface area contributed by atoms with E-state index in [2.05, 4.69) is 29.2 Å². The van der Waals surface area contributed by atoms with Crippen molar-refractivity contribution in [2.45, 2.75) is 33.1 Å². The van der Waals surface area contributed by atoms with E-state index in [-0.39, 0.29) is 0 Å². The van der Waals surface area contributed by atoms with E-state index >= 15 is 0 Å². The number of nitrogens with one attached hydrogen (secondary N) is 1. The zero-order valence-electron chi connectivity index (χ0n) is 10.4. The van der Waals surface area contributed by atoms with Crippen LogP contribution in [0.3, 0.4) is 0 Å². The minimum Gasteiger partial charge on any atom is -0.352 e. The van der Waals surface area contributed by atoms with E-state index in [9.17, 15) is 0 Å². The van der Waals surface area contributed by atoms with Crippen LogP contribution in [0.4, 0.5) is 5.95 Å². The van der Waals surface area contributed by atoms with Crippen molar-refractivity contribution in [3.8, 4) is 0 Å². The largest absolute Gasteiger partial charge is 0.352 e. The predicted molar refractivity (Wildman–Crippen MR) is 68.2 cm³/mol. The number of nitrogens with zero attached hydrogens (tertiary/aromatic N) is 3. The predicted octanol–water partition coefficient (Wildman–Crippen LogP) is 2.64. The minimum absolute atomic E-state index is 0.452. The summed E-state index contributed by atoms with van der Waals surface area (Å²) >= 11 is 0. The molecule has 90 valence electrons. The lowest BCUT2D eigenvalue weighted by Gasteiger charge is -2.38. The van der Waals surface area contributed by atoms with E-state index < -0.39 is 0 Å². The summed E-state index contributed by atoms with van der Waals surface area (Å²) in [5, 5.41) is 7.76. The zero-order valence-corrected chi connectivity index (χ0v) is 10.4. The SMILES string of the molecule is Cc1ccn2nc(NCC3(C)CCC3)nc2c1. The first kappa shape index (κ1) is 10.6. The Morgan fingerprint density at radius 2 is 2.29 bits per heavy atom. The van der Waals surface area contributed by atoms with Crippen molar-refractivity contribution >= 4 is 11.6 Å². The van der Waals surface area contributed by atoms with Gasteiger partial charge in [0.2, 0.25) is 5.95 Å². The summed E-state index contributed by atoms with van der Waals surface area (Å²) in [5.74, 6) is 0.740. The highest BCUT2D eigenvalue weighted by atomic mass is 15.3. The molecule has 4 heteroatoms. The Kier molecular flexibility index (Phi) is 2.31. The third-order valence-electron chi connectivity index (χ3n) is 3.73. The van der Waals surface area contributed by atoms with Crippen LogP contribution in [0, 0.1) is 12.3 Å². The third kappa shape index (κ3) is 1.99. The van der Waals surface area contributed by atoms with Gasteiger partial charge in [0.1, 0.15) is 0 Å². The van der Waals surface area contributed by atoms with E-state index in [0.717, 1.165) is 18.1 Å². The molecule has 0 bridgehead atoms. The molecule has 0 unspecified atom stereocenters. The summed E-state index contributed by atoms with van der Waals surface area (Å²) < 4.78 is 1.82. The topological polar surface area (TPSA) is 42.2 Å². The first-order valence-corrected chi connectivity index (χ1v) is 6.22. The molecule has 2 heterocycles. The van der Waals surface area contributed by atoms with Crippen LogP contribution < -0.4 is 5.32 Å². The summed E-state index contributed by atoms with van der Waals surface area (Å²) in [6, 6.07) is 4.09.